The van der Waals surface area contributed by atoms with Crippen molar-refractivity contribution in [3.63, 3.8) is 0 Å². The molecule has 0 aliphatic heterocycles. The van der Waals surface area contributed by atoms with E-state index in [0.717, 1.165) is 9.52 Å². The highest BCUT2D eigenvalue weighted by atomic mass is 127. The van der Waals surface area contributed by atoms with Crippen molar-refractivity contribution in [3.05, 3.63) is 40.2 Å². The third-order valence-electron chi connectivity index (χ3n) is 2.49. The number of nitrogens with zero attached hydrogens (tertiary/aromatic N) is 4. The average molecular weight is 342 g/mol. The van der Waals surface area contributed by atoms with Crippen molar-refractivity contribution in [3.8, 4) is 0 Å². The van der Waals surface area contributed by atoms with Crippen LogP contribution in [0.25, 0.3) is 0 Å². The summed E-state index contributed by atoms with van der Waals surface area (Å²) in [6, 6.07) is 3.64. The van der Waals surface area contributed by atoms with E-state index in [-0.39, 0.29) is 5.91 Å². The zero-order valence-corrected chi connectivity index (χ0v) is 11.6. The summed E-state index contributed by atoms with van der Waals surface area (Å²) in [5, 5.41) is 0. The van der Waals surface area contributed by atoms with Crippen LogP contribution in [-0.2, 0) is 7.05 Å². The Balaban J connectivity index is 2.30. The van der Waals surface area contributed by atoms with Crippen LogP contribution in [0.15, 0.2) is 30.7 Å². The lowest BCUT2D eigenvalue weighted by Crippen LogP contribution is -2.28. The van der Waals surface area contributed by atoms with Crippen LogP contribution in [0.4, 0.5) is 5.69 Å². The minimum Gasteiger partial charge on any atom is -0.318 e. The van der Waals surface area contributed by atoms with E-state index < -0.39 is 0 Å². The molecule has 2 aromatic rings. The number of carbonyl (C=O) groups excluding carboxylic acids is 1. The largest absolute Gasteiger partial charge is 0.318 e. The third kappa shape index (κ3) is 2.31. The van der Waals surface area contributed by atoms with Gasteiger partial charge in [-0.1, -0.05) is 0 Å². The number of halogens is 1. The van der Waals surface area contributed by atoms with Gasteiger partial charge < -0.3 is 9.47 Å². The lowest BCUT2D eigenvalue weighted by Gasteiger charge is -2.16. The molecule has 0 saturated heterocycles. The second-order valence-electron chi connectivity index (χ2n) is 3.55. The fourth-order valence-electron chi connectivity index (χ4n) is 1.43. The smallest absolute Gasteiger partial charge is 0.276 e. The van der Waals surface area contributed by atoms with E-state index in [1.807, 2.05) is 13.1 Å². The van der Waals surface area contributed by atoms with E-state index >= 15 is 0 Å². The molecule has 0 bridgehead atoms. The number of anilines is 1. The first-order valence-electron chi connectivity index (χ1n) is 4.96. The SMILES string of the molecule is CN(C(=O)c1cnc(I)n1C)c1cccnc1. The number of aromatic nitrogens is 3. The normalized spacial score (nSPS) is 10.3. The predicted octanol–water partition coefficient (Wildman–Crippen LogP) is 1.70. The van der Waals surface area contributed by atoms with Gasteiger partial charge in [-0.25, -0.2) is 4.98 Å². The number of hydrogen-bond acceptors (Lipinski definition) is 3. The molecule has 0 unspecified atom stereocenters. The van der Waals surface area contributed by atoms with Gasteiger partial charge in [-0.15, -0.1) is 0 Å². The molecule has 1 amide bonds. The molecule has 0 radical (unpaired) electrons. The molecule has 0 N–H and O–H groups in total. The van der Waals surface area contributed by atoms with E-state index in [2.05, 4.69) is 32.6 Å². The van der Waals surface area contributed by atoms with E-state index in [4.69, 9.17) is 0 Å². The first-order chi connectivity index (χ1) is 8.11. The molecule has 5 nitrogen and oxygen atoms in total. The van der Waals surface area contributed by atoms with Gasteiger partial charge in [-0.3, -0.25) is 9.78 Å². The Morgan fingerprint density at radius 2 is 2.24 bits per heavy atom. The van der Waals surface area contributed by atoms with Gasteiger partial charge in [0.05, 0.1) is 18.1 Å². The molecule has 17 heavy (non-hydrogen) atoms. The molecule has 88 valence electrons. The van der Waals surface area contributed by atoms with Crippen molar-refractivity contribution in [2.45, 2.75) is 0 Å². The summed E-state index contributed by atoms with van der Waals surface area (Å²) in [6.45, 7) is 0. The molecule has 0 spiro atoms. The second kappa shape index (κ2) is 4.82. The van der Waals surface area contributed by atoms with Crippen molar-refractivity contribution < 1.29 is 4.79 Å². The molecule has 2 aromatic heterocycles. The van der Waals surface area contributed by atoms with E-state index in [9.17, 15) is 4.79 Å². The Hall–Kier alpha value is -1.44. The first kappa shape index (κ1) is 12.0. The van der Waals surface area contributed by atoms with Crippen LogP contribution in [0.5, 0.6) is 0 Å². The highest BCUT2D eigenvalue weighted by Crippen LogP contribution is 2.14. The minimum absolute atomic E-state index is 0.101. The van der Waals surface area contributed by atoms with Crippen LogP contribution in [0, 0.1) is 3.83 Å². The van der Waals surface area contributed by atoms with Crippen molar-refractivity contribution in [2.24, 2.45) is 7.05 Å². The number of rotatable bonds is 2. The summed E-state index contributed by atoms with van der Waals surface area (Å²) in [5.74, 6) is -0.101. The lowest BCUT2D eigenvalue weighted by atomic mass is 10.3. The van der Waals surface area contributed by atoms with Gasteiger partial charge in [0, 0.05) is 20.3 Å². The predicted molar refractivity (Wildman–Crippen MR) is 72.9 cm³/mol. The number of hydrogen-bond donors (Lipinski definition) is 0. The fourth-order valence-corrected chi connectivity index (χ4v) is 1.83. The van der Waals surface area contributed by atoms with Crippen molar-refractivity contribution in [2.75, 3.05) is 11.9 Å². The maximum absolute atomic E-state index is 12.2. The molecule has 0 aromatic carbocycles. The number of pyridine rings is 1. The second-order valence-corrected chi connectivity index (χ2v) is 4.51. The summed E-state index contributed by atoms with van der Waals surface area (Å²) >= 11 is 2.09. The van der Waals surface area contributed by atoms with Crippen molar-refractivity contribution in [1.82, 2.24) is 14.5 Å². The van der Waals surface area contributed by atoms with Gasteiger partial charge in [0.25, 0.3) is 5.91 Å². The quantitative estimate of drug-likeness (QED) is 0.781. The fraction of sp³-hybridized carbons (Fsp3) is 0.182. The molecule has 0 aliphatic rings. The highest BCUT2D eigenvalue weighted by Gasteiger charge is 2.18. The molecule has 0 aliphatic carbocycles. The van der Waals surface area contributed by atoms with E-state index in [1.54, 1.807) is 41.2 Å². The van der Waals surface area contributed by atoms with Crippen LogP contribution < -0.4 is 4.90 Å². The van der Waals surface area contributed by atoms with Crippen molar-refractivity contribution >= 4 is 34.2 Å². The summed E-state index contributed by atoms with van der Waals surface area (Å²) in [4.78, 5) is 21.9. The number of carbonyl (C=O) groups is 1. The maximum atomic E-state index is 12.2. The molecule has 0 atom stereocenters. The first-order valence-corrected chi connectivity index (χ1v) is 6.04. The maximum Gasteiger partial charge on any atom is 0.276 e. The Morgan fingerprint density at radius 1 is 1.47 bits per heavy atom. The van der Waals surface area contributed by atoms with Crippen LogP contribution in [0.1, 0.15) is 10.5 Å². The van der Waals surface area contributed by atoms with Crippen molar-refractivity contribution in [1.29, 1.82) is 0 Å². The number of amides is 1. The van der Waals surface area contributed by atoms with Gasteiger partial charge in [-0.05, 0) is 34.7 Å². The average Bonchev–Trinajstić information content (AvgIpc) is 2.69. The van der Waals surface area contributed by atoms with E-state index in [1.165, 1.54) is 0 Å². The topological polar surface area (TPSA) is 51.0 Å². The Morgan fingerprint density at radius 3 is 2.76 bits per heavy atom. The Bertz CT molecular complexity index is 538. The summed E-state index contributed by atoms with van der Waals surface area (Å²) in [5.41, 5.74) is 1.31. The Kier molecular flexibility index (Phi) is 3.41. The zero-order valence-electron chi connectivity index (χ0n) is 9.46. The molecule has 0 fully saturated rings. The molecule has 6 heteroatoms. The summed E-state index contributed by atoms with van der Waals surface area (Å²) in [7, 11) is 3.54. The van der Waals surface area contributed by atoms with Crippen LogP contribution >= 0.6 is 22.6 Å². The zero-order chi connectivity index (χ0) is 12.4. The molecule has 0 saturated carbocycles. The van der Waals surface area contributed by atoms with Gasteiger partial charge >= 0.3 is 0 Å². The van der Waals surface area contributed by atoms with Gasteiger partial charge in [-0.2, -0.15) is 0 Å². The van der Waals surface area contributed by atoms with Crippen LogP contribution in [0.3, 0.4) is 0 Å². The summed E-state index contributed by atoms with van der Waals surface area (Å²) in [6.07, 6.45) is 4.91. The van der Waals surface area contributed by atoms with Gasteiger partial charge in [0.1, 0.15) is 5.69 Å². The Labute approximate surface area is 113 Å². The molecular weight excluding hydrogens is 331 g/mol. The van der Waals surface area contributed by atoms with Gasteiger partial charge in [0.15, 0.2) is 3.83 Å². The monoisotopic (exact) mass is 342 g/mol. The number of imidazole rings is 1. The molecule has 2 rings (SSSR count). The van der Waals surface area contributed by atoms with Gasteiger partial charge in [0.2, 0.25) is 0 Å². The molecule has 2 heterocycles. The lowest BCUT2D eigenvalue weighted by molar-refractivity contribution is 0.0985. The van der Waals surface area contributed by atoms with Crippen LogP contribution in [0.2, 0.25) is 0 Å². The third-order valence-corrected chi connectivity index (χ3v) is 3.49. The highest BCUT2D eigenvalue weighted by molar-refractivity contribution is 14.1. The summed E-state index contributed by atoms with van der Waals surface area (Å²) < 4.78 is 2.54. The van der Waals surface area contributed by atoms with E-state index in [0.29, 0.717) is 5.69 Å². The standard InChI is InChI=1S/C11H11IN4O/c1-15(8-4-3-5-13-6-8)10(17)9-7-14-11(12)16(9)2/h3-7H,1-2H3. The molecular formula is C11H11IN4O. The minimum atomic E-state index is -0.101. The van der Waals surface area contributed by atoms with Crippen LogP contribution in [-0.4, -0.2) is 27.5 Å².